The molecule has 0 bridgehead atoms. The number of nitrogens with zero attached hydrogens (tertiary/aromatic N) is 1. The number of carbonyl (C=O) groups excluding carboxylic acids is 1. The number of nitrogens with one attached hydrogen (secondary N) is 1. The molecule has 1 atom stereocenters. The minimum absolute atomic E-state index is 0. The number of aromatic nitrogens is 1. The molecule has 30 heavy (non-hydrogen) atoms. The summed E-state index contributed by atoms with van der Waals surface area (Å²) in [5.74, 6) is -0.413. The van der Waals surface area contributed by atoms with Crippen LogP contribution in [0.2, 0.25) is 0 Å². The van der Waals surface area contributed by atoms with E-state index < -0.39 is 0 Å². The molecule has 0 spiro atoms. The molecule has 4 nitrogen and oxygen atoms in total. The van der Waals surface area contributed by atoms with Crippen molar-refractivity contribution in [3.05, 3.63) is 96.1 Å². The summed E-state index contributed by atoms with van der Waals surface area (Å²) >= 11 is 0. The Labute approximate surface area is 182 Å². The van der Waals surface area contributed by atoms with Gasteiger partial charge in [0.15, 0.2) is 5.75 Å². The van der Waals surface area contributed by atoms with Crippen LogP contribution in [0.1, 0.15) is 35.3 Å². The predicted octanol–water partition coefficient (Wildman–Crippen LogP) is 5.91. The highest BCUT2D eigenvalue weighted by Gasteiger charge is 2.23. The molecule has 4 rings (SSSR count). The van der Waals surface area contributed by atoms with Crippen LogP contribution in [0.15, 0.2) is 84.9 Å². The number of para-hydroxylation sites is 1. The van der Waals surface area contributed by atoms with Crippen molar-refractivity contribution in [2.45, 2.75) is 19.4 Å². The Hall–Kier alpha value is -3.37. The van der Waals surface area contributed by atoms with Crippen molar-refractivity contribution < 1.29 is 9.90 Å². The van der Waals surface area contributed by atoms with Gasteiger partial charge < -0.3 is 10.4 Å². The highest BCUT2D eigenvalue weighted by Crippen LogP contribution is 2.35. The van der Waals surface area contributed by atoms with Crippen molar-refractivity contribution in [1.82, 2.24) is 10.3 Å². The zero-order valence-electron chi connectivity index (χ0n) is 16.6. The normalized spacial score (nSPS) is 11.5. The van der Waals surface area contributed by atoms with E-state index >= 15 is 0 Å². The first-order valence-electron chi connectivity index (χ1n) is 9.72. The molecule has 3 aromatic carbocycles. The first-order chi connectivity index (χ1) is 14.2. The van der Waals surface area contributed by atoms with Crippen molar-refractivity contribution in [1.29, 1.82) is 0 Å². The molecule has 5 heteroatoms. The minimum atomic E-state index is -0.311. The number of hydrogen-bond donors (Lipinski definition) is 2. The summed E-state index contributed by atoms with van der Waals surface area (Å²) in [6.45, 7) is 2.03. The lowest BCUT2D eigenvalue weighted by Crippen LogP contribution is -2.28. The molecule has 0 unspecified atom stereocenters. The Balaban J connectivity index is 0.00000256. The molecule has 1 heterocycles. The maximum Gasteiger partial charge on any atom is 0.256 e. The van der Waals surface area contributed by atoms with E-state index in [0.29, 0.717) is 16.6 Å². The van der Waals surface area contributed by atoms with E-state index in [9.17, 15) is 9.90 Å². The molecule has 0 aliphatic heterocycles. The molecule has 0 radical (unpaired) electrons. The van der Waals surface area contributed by atoms with Gasteiger partial charge in [0.2, 0.25) is 0 Å². The molecule has 1 amide bonds. The van der Waals surface area contributed by atoms with Crippen LogP contribution in [-0.4, -0.2) is 16.0 Å². The highest BCUT2D eigenvalue weighted by atomic mass is 35.5. The van der Waals surface area contributed by atoms with E-state index in [4.69, 9.17) is 0 Å². The van der Waals surface area contributed by atoms with Gasteiger partial charge in [-0.25, -0.2) is 4.98 Å². The van der Waals surface area contributed by atoms with Crippen molar-refractivity contribution >= 4 is 29.2 Å². The maximum absolute atomic E-state index is 13.3. The average Bonchev–Trinajstić information content (AvgIpc) is 2.78. The summed E-state index contributed by atoms with van der Waals surface area (Å²) in [6, 6.07) is 26.5. The Morgan fingerprint density at radius 2 is 1.53 bits per heavy atom. The standard InChI is InChI=1S/C25H22N2O2.ClH/c1-2-20(17-11-5-3-6-12-17)27-25(29)22-19-15-9-10-16-21(19)26-23(24(22)28)18-13-7-4-8-14-18;/h3-16,20,28H,2H2,1H3,(H,27,29);1H/t20-;/m0./s1. The van der Waals surface area contributed by atoms with Gasteiger partial charge >= 0.3 is 0 Å². The molecule has 0 aliphatic carbocycles. The SMILES string of the molecule is CC[C@H](NC(=O)c1c(O)c(-c2ccccc2)nc2ccccc12)c1ccccc1.Cl. The quantitative estimate of drug-likeness (QED) is 0.423. The number of amides is 1. The lowest BCUT2D eigenvalue weighted by atomic mass is 10.00. The lowest BCUT2D eigenvalue weighted by molar-refractivity contribution is 0.0934. The van der Waals surface area contributed by atoms with Crippen molar-refractivity contribution in [2.24, 2.45) is 0 Å². The van der Waals surface area contributed by atoms with Gasteiger partial charge in [0.25, 0.3) is 5.91 Å². The summed E-state index contributed by atoms with van der Waals surface area (Å²) in [5, 5.41) is 14.8. The van der Waals surface area contributed by atoms with Gasteiger partial charge in [-0.15, -0.1) is 12.4 Å². The molecular formula is C25H23ClN2O2. The lowest BCUT2D eigenvalue weighted by Gasteiger charge is -2.19. The van der Waals surface area contributed by atoms with Crippen molar-refractivity contribution in [3.8, 4) is 17.0 Å². The van der Waals surface area contributed by atoms with Gasteiger partial charge in [-0.1, -0.05) is 85.8 Å². The molecule has 0 fully saturated rings. The van der Waals surface area contributed by atoms with Crippen LogP contribution in [0.5, 0.6) is 5.75 Å². The van der Waals surface area contributed by atoms with Crippen LogP contribution in [0.25, 0.3) is 22.2 Å². The van der Waals surface area contributed by atoms with Gasteiger partial charge in [-0.2, -0.15) is 0 Å². The first kappa shape index (κ1) is 21.3. The van der Waals surface area contributed by atoms with Crippen LogP contribution in [0.4, 0.5) is 0 Å². The van der Waals surface area contributed by atoms with Crippen LogP contribution in [-0.2, 0) is 0 Å². The van der Waals surface area contributed by atoms with Crippen LogP contribution in [0, 0.1) is 0 Å². The average molecular weight is 419 g/mol. The van der Waals surface area contributed by atoms with Crippen LogP contribution >= 0.6 is 12.4 Å². The van der Waals surface area contributed by atoms with Gasteiger partial charge in [-0.3, -0.25) is 4.79 Å². The number of rotatable bonds is 5. The molecule has 1 aromatic heterocycles. The number of benzene rings is 3. The Morgan fingerprint density at radius 1 is 0.933 bits per heavy atom. The fourth-order valence-corrected chi connectivity index (χ4v) is 3.57. The zero-order chi connectivity index (χ0) is 20.2. The summed E-state index contributed by atoms with van der Waals surface area (Å²) in [5.41, 5.74) is 3.12. The largest absolute Gasteiger partial charge is 0.505 e. The second-order valence-electron chi connectivity index (χ2n) is 6.91. The predicted molar refractivity (Wildman–Crippen MR) is 123 cm³/mol. The number of carbonyl (C=O) groups is 1. The van der Waals surface area contributed by atoms with E-state index in [1.54, 1.807) is 0 Å². The highest BCUT2D eigenvalue weighted by molar-refractivity contribution is 6.10. The maximum atomic E-state index is 13.3. The van der Waals surface area contributed by atoms with Crippen LogP contribution in [0.3, 0.4) is 0 Å². The number of aromatic hydroxyl groups is 1. The fourth-order valence-electron chi connectivity index (χ4n) is 3.57. The Kier molecular flexibility index (Phi) is 6.70. The topological polar surface area (TPSA) is 62.2 Å². The number of halogens is 1. The van der Waals surface area contributed by atoms with Gasteiger partial charge in [0.1, 0.15) is 5.69 Å². The molecule has 0 saturated heterocycles. The van der Waals surface area contributed by atoms with E-state index in [0.717, 1.165) is 17.5 Å². The number of hydrogen-bond acceptors (Lipinski definition) is 3. The third kappa shape index (κ3) is 4.14. The van der Waals surface area contributed by atoms with Gasteiger partial charge in [-0.05, 0) is 18.1 Å². The smallest absolute Gasteiger partial charge is 0.256 e. The third-order valence-corrected chi connectivity index (χ3v) is 5.06. The molecule has 0 aliphatic rings. The van der Waals surface area contributed by atoms with Crippen LogP contribution < -0.4 is 5.32 Å². The summed E-state index contributed by atoms with van der Waals surface area (Å²) in [4.78, 5) is 17.9. The second-order valence-corrected chi connectivity index (χ2v) is 6.91. The molecular weight excluding hydrogens is 396 g/mol. The van der Waals surface area contributed by atoms with Crippen molar-refractivity contribution in [3.63, 3.8) is 0 Å². The van der Waals surface area contributed by atoms with E-state index in [-0.39, 0.29) is 35.7 Å². The van der Waals surface area contributed by atoms with Gasteiger partial charge in [0, 0.05) is 10.9 Å². The first-order valence-corrected chi connectivity index (χ1v) is 9.72. The van der Waals surface area contributed by atoms with Gasteiger partial charge in [0.05, 0.1) is 17.1 Å². The molecule has 0 saturated carbocycles. The third-order valence-electron chi connectivity index (χ3n) is 5.06. The Morgan fingerprint density at radius 3 is 2.20 bits per heavy atom. The van der Waals surface area contributed by atoms with Crippen molar-refractivity contribution in [2.75, 3.05) is 0 Å². The molecule has 152 valence electrons. The second kappa shape index (κ2) is 9.42. The number of fused-ring (bicyclic) bond motifs is 1. The van der Waals surface area contributed by atoms with E-state index in [2.05, 4.69) is 10.3 Å². The summed E-state index contributed by atoms with van der Waals surface area (Å²) < 4.78 is 0. The monoisotopic (exact) mass is 418 g/mol. The van der Waals surface area contributed by atoms with E-state index in [1.807, 2.05) is 91.9 Å². The summed E-state index contributed by atoms with van der Waals surface area (Å²) in [6.07, 6.45) is 0.741. The Bertz CT molecular complexity index is 1150. The minimum Gasteiger partial charge on any atom is -0.505 e. The van der Waals surface area contributed by atoms with E-state index in [1.165, 1.54) is 0 Å². The summed E-state index contributed by atoms with van der Waals surface area (Å²) in [7, 11) is 0. The number of pyridine rings is 1. The molecule has 4 aromatic rings. The fraction of sp³-hybridized carbons (Fsp3) is 0.120. The molecule has 2 N–H and O–H groups in total. The zero-order valence-corrected chi connectivity index (χ0v) is 17.4.